The van der Waals surface area contributed by atoms with E-state index in [-0.39, 0.29) is 6.42 Å². The first kappa shape index (κ1) is 10.9. The zero-order chi connectivity index (χ0) is 10.6. The Morgan fingerprint density at radius 1 is 1.43 bits per heavy atom. The molecule has 1 rings (SSSR count). The first-order valence-electron chi connectivity index (χ1n) is 3.99. The number of carbonyl (C=O) groups excluding carboxylic acids is 2. The van der Waals surface area contributed by atoms with E-state index in [9.17, 15) is 9.59 Å². The molecule has 74 valence electrons. The molecule has 0 heterocycles. The van der Waals surface area contributed by atoms with Crippen molar-refractivity contribution < 1.29 is 14.3 Å². The predicted molar refractivity (Wildman–Crippen MR) is 54.9 cm³/mol. The summed E-state index contributed by atoms with van der Waals surface area (Å²) in [4.78, 5) is 22.0. The third kappa shape index (κ3) is 2.96. The van der Waals surface area contributed by atoms with E-state index in [2.05, 4.69) is 20.7 Å². The van der Waals surface area contributed by atoms with E-state index in [1.165, 1.54) is 7.11 Å². The molecule has 14 heavy (non-hydrogen) atoms. The highest BCUT2D eigenvalue weighted by Gasteiger charge is 2.13. The normalized spacial score (nSPS) is 9.57. The molecule has 1 aromatic carbocycles. The standard InChI is InChI=1S/C10H9BrO3/c1-14-10(13)9(12)6-7-3-2-4-8(11)5-7/h2-5H,6H2,1H3. The highest BCUT2D eigenvalue weighted by atomic mass is 79.9. The number of rotatable bonds is 3. The summed E-state index contributed by atoms with van der Waals surface area (Å²) >= 11 is 3.28. The Morgan fingerprint density at radius 2 is 2.14 bits per heavy atom. The van der Waals surface area contributed by atoms with Crippen LogP contribution >= 0.6 is 15.9 Å². The first-order valence-corrected chi connectivity index (χ1v) is 4.78. The van der Waals surface area contributed by atoms with Crippen molar-refractivity contribution in [1.29, 1.82) is 0 Å². The Bertz CT molecular complexity index is 360. The van der Waals surface area contributed by atoms with Gasteiger partial charge in [-0.1, -0.05) is 28.1 Å². The summed E-state index contributed by atoms with van der Waals surface area (Å²) in [6.45, 7) is 0. The maximum Gasteiger partial charge on any atom is 0.374 e. The van der Waals surface area contributed by atoms with Crippen LogP contribution in [0.5, 0.6) is 0 Å². The van der Waals surface area contributed by atoms with Gasteiger partial charge in [0.1, 0.15) is 0 Å². The Balaban J connectivity index is 2.70. The summed E-state index contributed by atoms with van der Waals surface area (Å²) in [6, 6.07) is 7.24. The van der Waals surface area contributed by atoms with E-state index in [1.54, 1.807) is 12.1 Å². The quantitative estimate of drug-likeness (QED) is 0.611. The maximum atomic E-state index is 11.2. The van der Waals surface area contributed by atoms with Gasteiger partial charge in [0.15, 0.2) is 0 Å². The molecule has 0 amide bonds. The lowest BCUT2D eigenvalue weighted by Crippen LogP contribution is -2.17. The number of ketones is 1. The lowest BCUT2D eigenvalue weighted by molar-refractivity contribution is -0.151. The third-order valence-corrected chi connectivity index (χ3v) is 2.16. The second-order valence-electron chi connectivity index (χ2n) is 2.72. The third-order valence-electron chi connectivity index (χ3n) is 1.67. The molecule has 0 aliphatic rings. The molecule has 0 bridgehead atoms. The molecule has 0 N–H and O–H groups in total. The van der Waals surface area contributed by atoms with Crippen LogP contribution < -0.4 is 0 Å². The number of methoxy groups -OCH3 is 1. The van der Waals surface area contributed by atoms with Gasteiger partial charge in [-0.2, -0.15) is 0 Å². The minimum atomic E-state index is -0.801. The van der Waals surface area contributed by atoms with E-state index in [4.69, 9.17) is 0 Å². The van der Waals surface area contributed by atoms with Gasteiger partial charge in [0.05, 0.1) is 7.11 Å². The first-order chi connectivity index (χ1) is 6.63. The van der Waals surface area contributed by atoms with Gasteiger partial charge in [-0.15, -0.1) is 0 Å². The number of carbonyl (C=O) groups is 2. The van der Waals surface area contributed by atoms with E-state index in [0.29, 0.717) is 0 Å². The molecule has 0 aliphatic heterocycles. The highest BCUT2D eigenvalue weighted by molar-refractivity contribution is 9.10. The average molecular weight is 257 g/mol. The van der Waals surface area contributed by atoms with Gasteiger partial charge in [0.2, 0.25) is 5.78 Å². The molecule has 0 atom stereocenters. The molecule has 4 heteroatoms. The van der Waals surface area contributed by atoms with Gasteiger partial charge in [0.25, 0.3) is 0 Å². The van der Waals surface area contributed by atoms with Gasteiger partial charge in [-0.3, -0.25) is 4.79 Å². The number of benzene rings is 1. The minimum Gasteiger partial charge on any atom is -0.463 e. The van der Waals surface area contributed by atoms with E-state index in [1.807, 2.05) is 12.1 Å². The van der Waals surface area contributed by atoms with Crippen LogP contribution in [-0.2, 0) is 20.7 Å². The maximum absolute atomic E-state index is 11.2. The van der Waals surface area contributed by atoms with E-state index >= 15 is 0 Å². The van der Waals surface area contributed by atoms with Crippen LogP contribution in [0.2, 0.25) is 0 Å². The Labute approximate surface area is 90.2 Å². The zero-order valence-electron chi connectivity index (χ0n) is 7.62. The molecule has 0 saturated carbocycles. The summed E-state index contributed by atoms with van der Waals surface area (Å²) in [7, 11) is 1.20. The molecule has 0 unspecified atom stereocenters. The number of hydrogen-bond acceptors (Lipinski definition) is 3. The van der Waals surface area contributed by atoms with Crippen LogP contribution in [0.25, 0.3) is 0 Å². The number of esters is 1. The highest BCUT2D eigenvalue weighted by Crippen LogP contribution is 2.12. The number of halogens is 1. The fraction of sp³-hybridized carbons (Fsp3) is 0.200. The molecule has 0 radical (unpaired) electrons. The molecule has 1 aromatic rings. The Kier molecular flexibility index (Phi) is 3.83. The Hall–Kier alpha value is -1.16. The van der Waals surface area contributed by atoms with Crippen molar-refractivity contribution in [1.82, 2.24) is 0 Å². The van der Waals surface area contributed by atoms with Gasteiger partial charge < -0.3 is 4.74 Å². The smallest absolute Gasteiger partial charge is 0.374 e. The topological polar surface area (TPSA) is 43.4 Å². The van der Waals surface area contributed by atoms with Crippen molar-refractivity contribution in [2.24, 2.45) is 0 Å². The summed E-state index contributed by atoms with van der Waals surface area (Å²) in [5, 5.41) is 0. The van der Waals surface area contributed by atoms with Crippen molar-refractivity contribution in [3.63, 3.8) is 0 Å². The van der Waals surface area contributed by atoms with Crippen LogP contribution in [0.1, 0.15) is 5.56 Å². The SMILES string of the molecule is COC(=O)C(=O)Cc1cccc(Br)c1. The minimum absolute atomic E-state index is 0.0755. The van der Waals surface area contributed by atoms with Crippen LogP contribution in [0.15, 0.2) is 28.7 Å². The molecule has 0 fully saturated rings. The van der Waals surface area contributed by atoms with Crippen molar-refractivity contribution in [3.05, 3.63) is 34.3 Å². The van der Waals surface area contributed by atoms with Gasteiger partial charge >= 0.3 is 5.97 Å². The Morgan fingerprint density at radius 3 is 2.71 bits per heavy atom. The van der Waals surface area contributed by atoms with Crippen LogP contribution in [-0.4, -0.2) is 18.9 Å². The summed E-state index contributed by atoms with van der Waals surface area (Å²) in [5.41, 5.74) is 0.787. The van der Waals surface area contributed by atoms with Gasteiger partial charge in [-0.25, -0.2) is 4.79 Å². The monoisotopic (exact) mass is 256 g/mol. The second kappa shape index (κ2) is 4.91. The summed E-state index contributed by atoms with van der Waals surface area (Å²) in [5.74, 6) is -1.34. The average Bonchev–Trinajstić information content (AvgIpc) is 2.16. The second-order valence-corrected chi connectivity index (χ2v) is 3.64. The van der Waals surface area contributed by atoms with Crippen LogP contribution in [0.3, 0.4) is 0 Å². The van der Waals surface area contributed by atoms with E-state index < -0.39 is 11.8 Å². The number of ether oxygens (including phenoxy) is 1. The summed E-state index contributed by atoms with van der Waals surface area (Å²) in [6.07, 6.45) is 0.0755. The molecule has 0 spiro atoms. The van der Waals surface area contributed by atoms with Gasteiger partial charge in [0, 0.05) is 10.9 Å². The zero-order valence-corrected chi connectivity index (χ0v) is 9.21. The van der Waals surface area contributed by atoms with Gasteiger partial charge in [-0.05, 0) is 17.7 Å². The van der Waals surface area contributed by atoms with Crippen LogP contribution in [0.4, 0.5) is 0 Å². The molecule has 3 nitrogen and oxygen atoms in total. The van der Waals surface area contributed by atoms with Crippen molar-refractivity contribution >= 4 is 27.7 Å². The lowest BCUT2D eigenvalue weighted by atomic mass is 10.1. The van der Waals surface area contributed by atoms with Crippen molar-refractivity contribution in [2.45, 2.75) is 6.42 Å². The van der Waals surface area contributed by atoms with Crippen molar-refractivity contribution in [3.8, 4) is 0 Å². The summed E-state index contributed by atoms with van der Waals surface area (Å²) < 4.78 is 5.20. The molecular formula is C10H9BrO3. The molecule has 0 aliphatic carbocycles. The molecule has 0 aromatic heterocycles. The molecular weight excluding hydrogens is 248 g/mol. The van der Waals surface area contributed by atoms with E-state index in [0.717, 1.165) is 10.0 Å². The number of hydrogen-bond donors (Lipinski definition) is 0. The fourth-order valence-corrected chi connectivity index (χ4v) is 1.46. The predicted octanol–water partition coefficient (Wildman–Crippen LogP) is 1.73. The van der Waals surface area contributed by atoms with Crippen LogP contribution in [0, 0.1) is 0 Å². The lowest BCUT2D eigenvalue weighted by Gasteiger charge is -1.99. The largest absolute Gasteiger partial charge is 0.463 e. The fourth-order valence-electron chi connectivity index (χ4n) is 1.02. The molecule has 0 saturated heterocycles. The van der Waals surface area contributed by atoms with Crippen molar-refractivity contribution in [2.75, 3.05) is 7.11 Å². The number of Topliss-reactive ketones (excluding diaryl/α,β-unsaturated/α-hetero) is 1.